The van der Waals surface area contributed by atoms with Gasteiger partial charge in [-0.25, -0.2) is 14.6 Å². The maximum absolute atomic E-state index is 5.74. The van der Waals surface area contributed by atoms with Gasteiger partial charge in [0, 0.05) is 44.5 Å². The molecule has 4 heterocycles. The van der Waals surface area contributed by atoms with E-state index in [1.54, 1.807) is 17.1 Å². The monoisotopic (exact) mass is 642 g/mol. The first kappa shape index (κ1) is 30.2. The summed E-state index contributed by atoms with van der Waals surface area (Å²) in [5, 5.41) is 15.6. The average molecular weight is 645 g/mol. The van der Waals surface area contributed by atoms with Crippen LogP contribution in [0.1, 0.15) is 26.0 Å². The fourth-order valence-electron chi connectivity index (χ4n) is 3.21. The summed E-state index contributed by atoms with van der Waals surface area (Å²) in [6.45, 7) is 4.00. The summed E-state index contributed by atoms with van der Waals surface area (Å²) < 4.78 is 3.89. The van der Waals surface area contributed by atoms with Crippen molar-refractivity contribution in [2.24, 2.45) is 0 Å². The number of benzene rings is 2. The highest BCUT2D eigenvalue weighted by molar-refractivity contribution is 9.11. The van der Waals surface area contributed by atoms with Crippen LogP contribution in [0, 0.1) is 13.8 Å². The second-order valence-electron chi connectivity index (χ2n) is 7.71. The van der Waals surface area contributed by atoms with Crippen LogP contribution >= 0.6 is 43.5 Å². The molecule has 6 aromatic rings. The molecule has 0 unspecified atom stereocenters. The van der Waals surface area contributed by atoms with Crippen LogP contribution in [0.3, 0.4) is 0 Å². The lowest BCUT2D eigenvalue weighted by atomic mass is 10.2. The van der Waals surface area contributed by atoms with Crippen LogP contribution in [0.2, 0.25) is 5.15 Å². The smallest absolute Gasteiger partial charge is 0.153 e. The van der Waals surface area contributed by atoms with Crippen molar-refractivity contribution in [3.8, 4) is 5.82 Å². The molecule has 0 atom stereocenters. The highest BCUT2D eigenvalue weighted by Gasteiger charge is 2.03. The maximum Gasteiger partial charge on any atom is 0.153 e. The van der Waals surface area contributed by atoms with Crippen molar-refractivity contribution in [1.29, 1.82) is 0 Å². The number of nitrogens with zero attached hydrogens (tertiary/aromatic N) is 5. The molecule has 0 aliphatic rings. The lowest BCUT2D eigenvalue weighted by Gasteiger charge is -2.03. The normalized spacial score (nSPS) is 9.86. The van der Waals surface area contributed by atoms with Crippen LogP contribution in [-0.4, -0.2) is 29.9 Å². The largest absolute Gasteiger partial charge is 0.285 e. The number of hydrogen-bond acceptors (Lipinski definition) is 4. The Balaban J connectivity index is 0.000000211. The van der Waals surface area contributed by atoms with Crippen LogP contribution < -0.4 is 0 Å². The number of halogens is 3. The Morgan fingerprint density at radius 1 is 0.784 bits per heavy atom. The number of H-pyrrole nitrogens is 1. The highest BCUT2D eigenvalue weighted by Crippen LogP contribution is 2.25. The van der Waals surface area contributed by atoms with Crippen molar-refractivity contribution < 1.29 is 0 Å². The SMILES string of the molecule is C.C.Cc1cn[nH]c1.Cc1cnn(-c2cc3cccc(Br)c3cn2)c1.Clc1cc2cccc(Br)c2cn1. The molecule has 0 aliphatic heterocycles. The molecule has 6 rings (SSSR count). The fourth-order valence-corrected chi connectivity index (χ4v) is 4.34. The number of fused-ring (bicyclic) bond motifs is 2. The molecule has 0 radical (unpaired) electrons. The van der Waals surface area contributed by atoms with Crippen molar-refractivity contribution in [2.45, 2.75) is 28.7 Å². The first-order valence-corrected chi connectivity index (χ1v) is 12.6. The second-order valence-corrected chi connectivity index (χ2v) is 9.81. The molecule has 0 saturated heterocycles. The zero-order valence-electron chi connectivity index (χ0n) is 19.0. The molecule has 2 aromatic carbocycles. The van der Waals surface area contributed by atoms with Crippen molar-refractivity contribution >= 4 is 65.0 Å². The number of aryl methyl sites for hydroxylation is 2. The number of aromatic nitrogens is 6. The highest BCUT2D eigenvalue weighted by atomic mass is 79.9. The molecule has 0 aliphatic carbocycles. The predicted molar refractivity (Wildman–Crippen MR) is 163 cm³/mol. The van der Waals surface area contributed by atoms with Gasteiger partial charge in [-0.15, -0.1) is 0 Å². The Labute approximate surface area is 239 Å². The standard InChI is InChI=1S/C13H10BrN3.C9H5BrClN.C4H6N2.2CH4/c1-9-6-16-17(8-9)13-5-10-3-2-4-12(14)11(10)7-15-13;10-8-3-1-2-6-4-9(11)12-5-7(6)8;1-4-2-5-6-3-4;;/h2-8H,1H3;1-5H;2-3H,1H3,(H,5,6);2*1H4. The summed E-state index contributed by atoms with van der Waals surface area (Å²) in [5.74, 6) is 0.837. The van der Waals surface area contributed by atoms with E-state index in [-0.39, 0.29) is 14.9 Å². The molecule has 0 bridgehead atoms. The zero-order chi connectivity index (χ0) is 24.8. The number of pyridine rings is 2. The first-order valence-electron chi connectivity index (χ1n) is 10.6. The van der Waals surface area contributed by atoms with Crippen LogP contribution in [-0.2, 0) is 0 Å². The molecule has 0 saturated carbocycles. The minimum absolute atomic E-state index is 0. The molecule has 9 heteroatoms. The van der Waals surface area contributed by atoms with E-state index < -0.39 is 0 Å². The van der Waals surface area contributed by atoms with Gasteiger partial charge in [-0.2, -0.15) is 10.2 Å². The van der Waals surface area contributed by atoms with Gasteiger partial charge in [0.05, 0.1) is 12.4 Å². The zero-order valence-corrected chi connectivity index (χ0v) is 22.9. The Bertz CT molecular complexity index is 1560. The minimum atomic E-state index is 0. The molecule has 0 amide bonds. The summed E-state index contributed by atoms with van der Waals surface area (Å²) in [4.78, 5) is 8.43. The third-order valence-electron chi connectivity index (χ3n) is 4.96. The third-order valence-corrected chi connectivity index (χ3v) is 6.55. The summed E-state index contributed by atoms with van der Waals surface area (Å²) in [7, 11) is 0. The molecule has 0 fully saturated rings. The number of hydrogen-bond donors (Lipinski definition) is 1. The van der Waals surface area contributed by atoms with Gasteiger partial charge in [-0.05, 0) is 60.0 Å². The quantitative estimate of drug-likeness (QED) is 0.181. The molecular weight excluding hydrogens is 616 g/mol. The summed E-state index contributed by atoms with van der Waals surface area (Å²) >= 11 is 12.7. The van der Waals surface area contributed by atoms with Crippen molar-refractivity contribution in [3.63, 3.8) is 0 Å². The minimum Gasteiger partial charge on any atom is -0.285 e. The van der Waals surface area contributed by atoms with Gasteiger partial charge in [0.25, 0.3) is 0 Å². The predicted octanol–water partition coefficient (Wildman–Crippen LogP) is 9.13. The van der Waals surface area contributed by atoms with Crippen LogP contribution in [0.15, 0.2) is 94.7 Å². The summed E-state index contributed by atoms with van der Waals surface area (Å²) in [5.41, 5.74) is 2.30. The molecular formula is C28H29Br2ClN6. The van der Waals surface area contributed by atoms with E-state index >= 15 is 0 Å². The van der Waals surface area contributed by atoms with Gasteiger partial charge in [-0.3, -0.25) is 5.10 Å². The second kappa shape index (κ2) is 14.0. The number of aromatic amines is 1. The van der Waals surface area contributed by atoms with Gasteiger partial charge in [0.1, 0.15) is 5.15 Å². The average Bonchev–Trinajstić information content (AvgIpc) is 3.51. The maximum atomic E-state index is 5.74. The molecule has 6 nitrogen and oxygen atoms in total. The molecule has 0 spiro atoms. The molecule has 4 aromatic heterocycles. The number of rotatable bonds is 1. The van der Waals surface area contributed by atoms with Crippen molar-refractivity contribution in [2.75, 3.05) is 0 Å². The Hall–Kier alpha value is -3.07. The van der Waals surface area contributed by atoms with E-state index in [0.29, 0.717) is 5.15 Å². The van der Waals surface area contributed by atoms with E-state index in [4.69, 9.17) is 11.6 Å². The topological polar surface area (TPSA) is 72.3 Å². The lowest BCUT2D eigenvalue weighted by Crippen LogP contribution is -1.97. The van der Waals surface area contributed by atoms with E-state index in [9.17, 15) is 0 Å². The van der Waals surface area contributed by atoms with Crippen molar-refractivity contribution in [3.05, 3.63) is 111 Å². The fraction of sp³-hybridized carbons (Fsp3) is 0.143. The van der Waals surface area contributed by atoms with Crippen LogP contribution in [0.4, 0.5) is 0 Å². The van der Waals surface area contributed by atoms with E-state index in [1.165, 1.54) is 5.56 Å². The van der Waals surface area contributed by atoms with Gasteiger partial charge in [0.15, 0.2) is 5.82 Å². The van der Waals surface area contributed by atoms with Gasteiger partial charge in [-0.1, -0.05) is 82.6 Å². The van der Waals surface area contributed by atoms with E-state index in [2.05, 4.69) is 63.2 Å². The number of nitrogens with one attached hydrogen (secondary N) is 1. The van der Waals surface area contributed by atoms with Gasteiger partial charge >= 0.3 is 0 Å². The Morgan fingerprint density at radius 3 is 1.92 bits per heavy atom. The molecule has 37 heavy (non-hydrogen) atoms. The van der Waals surface area contributed by atoms with E-state index in [1.807, 2.05) is 81.1 Å². The Morgan fingerprint density at radius 2 is 1.41 bits per heavy atom. The van der Waals surface area contributed by atoms with Crippen LogP contribution in [0.5, 0.6) is 0 Å². The van der Waals surface area contributed by atoms with Crippen molar-refractivity contribution in [1.82, 2.24) is 29.9 Å². The van der Waals surface area contributed by atoms with Gasteiger partial charge in [0.2, 0.25) is 0 Å². The summed E-state index contributed by atoms with van der Waals surface area (Å²) in [6.07, 6.45) is 11.0. The van der Waals surface area contributed by atoms with Gasteiger partial charge < -0.3 is 0 Å². The lowest BCUT2D eigenvalue weighted by molar-refractivity contribution is 0.849. The van der Waals surface area contributed by atoms with Crippen LogP contribution in [0.25, 0.3) is 27.4 Å². The molecule has 1 N–H and O–H groups in total. The first-order chi connectivity index (χ1) is 16.9. The third kappa shape index (κ3) is 7.95. The Kier molecular flexibility index (Phi) is 11.4. The van der Waals surface area contributed by atoms with E-state index in [0.717, 1.165) is 41.9 Å². The molecule has 192 valence electrons. The summed E-state index contributed by atoms with van der Waals surface area (Å²) in [6, 6.07) is 16.0.